The molecule has 400 valence electrons. The third-order valence-electron chi connectivity index (χ3n) is 12.1. The molecule has 2 saturated heterocycles. The standard InChI is InChI=1S/C30H34ClNO5.C16H23BrO4.C14H12ClNO/c1-22-8-2-4-10-25(22)30(33)26-14-13-24(20-27(26)31)32-28-11-5-3-9-23(28)21-35-17-16-34-18-19-37-29-12-6-7-15-36-29;17-15-6-2-1-5-14(15)13-19-10-9-18-11-12-21-16-7-3-4-8-20-16;1-9-4-2-3-5-11(9)14(17)12-7-6-10(16)8-13(12)15/h2-5,8-11,13-14,20,29,32H,6-7,12,15-19,21H2,1H3;1-2,5-6,16H,3-4,7-13H2;2-8H,16H2,1H3. The third-order valence-corrected chi connectivity index (χ3v) is 13.5. The molecule has 2 aliphatic rings. The van der Waals surface area contributed by atoms with Crippen molar-refractivity contribution in [3.05, 3.63) is 192 Å². The molecule has 0 bridgehead atoms. The fourth-order valence-corrected chi connectivity index (χ4v) is 8.88. The number of ether oxygens (including phenoxy) is 8. The van der Waals surface area contributed by atoms with Gasteiger partial charge in [0.25, 0.3) is 0 Å². The van der Waals surface area contributed by atoms with Crippen LogP contribution in [0.15, 0.2) is 138 Å². The zero-order valence-corrected chi connectivity index (χ0v) is 46.0. The molecule has 75 heavy (non-hydrogen) atoms. The maximum atomic E-state index is 13.0. The van der Waals surface area contributed by atoms with E-state index in [0.717, 1.165) is 83.4 Å². The van der Waals surface area contributed by atoms with Crippen LogP contribution in [-0.2, 0) is 51.1 Å². The molecule has 8 rings (SSSR count). The number of nitrogen functional groups attached to an aromatic ring is 1. The van der Waals surface area contributed by atoms with E-state index in [-0.39, 0.29) is 24.1 Å². The molecule has 0 amide bonds. The highest BCUT2D eigenvalue weighted by Crippen LogP contribution is 2.29. The van der Waals surface area contributed by atoms with E-state index in [0.29, 0.717) is 104 Å². The van der Waals surface area contributed by atoms with Crippen molar-refractivity contribution in [1.82, 2.24) is 0 Å². The summed E-state index contributed by atoms with van der Waals surface area (Å²) in [5.41, 5.74) is 14.2. The van der Waals surface area contributed by atoms with Gasteiger partial charge in [0, 0.05) is 62.6 Å². The van der Waals surface area contributed by atoms with Crippen LogP contribution in [0.25, 0.3) is 0 Å². The van der Waals surface area contributed by atoms with Crippen molar-refractivity contribution in [2.75, 3.05) is 77.1 Å². The fraction of sp³-hybridized carbons (Fsp3) is 0.367. The Bertz CT molecular complexity index is 2680. The Balaban J connectivity index is 0.000000202. The quantitative estimate of drug-likeness (QED) is 0.0338. The summed E-state index contributed by atoms with van der Waals surface area (Å²) in [4.78, 5) is 25.2. The number of nitrogens with one attached hydrogen (secondary N) is 1. The van der Waals surface area contributed by atoms with E-state index < -0.39 is 0 Å². The van der Waals surface area contributed by atoms with Gasteiger partial charge in [-0.25, -0.2) is 0 Å². The summed E-state index contributed by atoms with van der Waals surface area (Å²) < 4.78 is 45.8. The predicted molar refractivity (Wildman–Crippen MR) is 300 cm³/mol. The van der Waals surface area contributed by atoms with Crippen LogP contribution >= 0.6 is 39.1 Å². The monoisotopic (exact) mass is 1130 g/mol. The first-order chi connectivity index (χ1) is 36.6. The number of benzene rings is 6. The Morgan fingerprint density at radius 1 is 0.547 bits per heavy atom. The molecule has 12 nitrogen and oxygen atoms in total. The zero-order chi connectivity index (χ0) is 53.0. The van der Waals surface area contributed by atoms with Crippen LogP contribution in [0, 0.1) is 13.8 Å². The summed E-state index contributed by atoms with van der Waals surface area (Å²) in [6, 6.07) is 41.3. The van der Waals surface area contributed by atoms with Gasteiger partial charge in [0.05, 0.1) is 76.1 Å². The molecule has 2 aliphatic heterocycles. The van der Waals surface area contributed by atoms with Crippen molar-refractivity contribution in [1.29, 1.82) is 0 Å². The van der Waals surface area contributed by atoms with Gasteiger partial charge < -0.3 is 48.9 Å². The molecule has 0 saturated carbocycles. The lowest BCUT2D eigenvalue weighted by molar-refractivity contribution is -0.169. The molecule has 6 aromatic carbocycles. The second kappa shape index (κ2) is 33.2. The summed E-state index contributed by atoms with van der Waals surface area (Å²) in [5.74, 6) is -0.160. The van der Waals surface area contributed by atoms with Gasteiger partial charge in [-0.1, -0.05) is 124 Å². The van der Waals surface area contributed by atoms with Gasteiger partial charge in [0.15, 0.2) is 24.1 Å². The van der Waals surface area contributed by atoms with Crippen molar-refractivity contribution in [2.24, 2.45) is 0 Å². The Kier molecular flexibility index (Phi) is 26.2. The first-order valence-corrected chi connectivity index (χ1v) is 27.0. The second-order valence-electron chi connectivity index (χ2n) is 17.8. The highest BCUT2D eigenvalue weighted by Gasteiger charge is 2.18. The van der Waals surface area contributed by atoms with Crippen LogP contribution in [0.3, 0.4) is 0 Å². The van der Waals surface area contributed by atoms with E-state index in [9.17, 15) is 9.59 Å². The number of ketones is 2. The Labute approximate surface area is 460 Å². The number of anilines is 3. The molecule has 0 aromatic heterocycles. The number of halogens is 3. The minimum Gasteiger partial charge on any atom is -0.399 e. The van der Waals surface area contributed by atoms with Gasteiger partial charge in [0.2, 0.25) is 0 Å². The van der Waals surface area contributed by atoms with E-state index in [1.54, 1.807) is 36.4 Å². The summed E-state index contributed by atoms with van der Waals surface area (Å²) in [6.07, 6.45) is 6.43. The first kappa shape index (κ1) is 59.2. The van der Waals surface area contributed by atoms with E-state index in [1.807, 2.05) is 111 Å². The SMILES string of the molecule is Brc1ccccc1COCCOCCOC1CCCCO1.Cc1ccccc1C(=O)c1ccc(N)cc1Cl.Cc1ccccc1C(=O)c1ccc(Nc2ccccc2COCCOCCOC2CCCCO2)cc1Cl. The molecule has 2 fully saturated rings. The highest BCUT2D eigenvalue weighted by atomic mass is 79.9. The molecule has 0 radical (unpaired) electrons. The van der Waals surface area contributed by atoms with Gasteiger partial charge in [0.1, 0.15) is 0 Å². The maximum Gasteiger partial charge on any atom is 0.194 e. The molecule has 6 aromatic rings. The lowest BCUT2D eigenvalue weighted by Crippen LogP contribution is -2.24. The lowest BCUT2D eigenvalue weighted by atomic mass is 9.99. The number of rotatable bonds is 24. The molecule has 0 aliphatic carbocycles. The van der Waals surface area contributed by atoms with Gasteiger partial charge in [-0.3, -0.25) is 9.59 Å². The van der Waals surface area contributed by atoms with Crippen LogP contribution in [0.1, 0.15) is 92.6 Å². The van der Waals surface area contributed by atoms with Crippen molar-refractivity contribution in [2.45, 2.75) is 78.2 Å². The van der Waals surface area contributed by atoms with Crippen LogP contribution in [0.4, 0.5) is 17.1 Å². The van der Waals surface area contributed by atoms with E-state index in [2.05, 4.69) is 21.2 Å². The Morgan fingerprint density at radius 3 is 1.53 bits per heavy atom. The zero-order valence-electron chi connectivity index (χ0n) is 42.9. The van der Waals surface area contributed by atoms with Crippen LogP contribution in [-0.4, -0.2) is 90.2 Å². The van der Waals surface area contributed by atoms with Crippen LogP contribution in [0.2, 0.25) is 10.0 Å². The highest BCUT2D eigenvalue weighted by molar-refractivity contribution is 9.10. The van der Waals surface area contributed by atoms with Gasteiger partial charge in [-0.05, 0) is 118 Å². The summed E-state index contributed by atoms with van der Waals surface area (Å²) in [7, 11) is 0. The molecule has 0 spiro atoms. The van der Waals surface area contributed by atoms with Crippen LogP contribution < -0.4 is 11.1 Å². The number of para-hydroxylation sites is 1. The van der Waals surface area contributed by atoms with Crippen molar-refractivity contribution in [3.8, 4) is 0 Å². The summed E-state index contributed by atoms with van der Waals surface area (Å²) in [5, 5.41) is 4.19. The third kappa shape index (κ3) is 20.5. The van der Waals surface area contributed by atoms with Gasteiger partial charge >= 0.3 is 0 Å². The van der Waals surface area contributed by atoms with E-state index in [1.165, 1.54) is 6.42 Å². The number of carbonyl (C=O) groups is 2. The Morgan fingerprint density at radius 2 is 1.01 bits per heavy atom. The normalized spacial score (nSPS) is 15.2. The molecular formula is C60H69BrCl2N2O10. The number of aryl methyl sites for hydroxylation is 2. The predicted octanol–water partition coefficient (Wildman–Crippen LogP) is 13.7. The maximum absolute atomic E-state index is 13.0. The second-order valence-corrected chi connectivity index (χ2v) is 19.4. The number of hydrogen-bond acceptors (Lipinski definition) is 12. The molecule has 2 heterocycles. The largest absolute Gasteiger partial charge is 0.399 e. The number of hydrogen-bond donors (Lipinski definition) is 2. The first-order valence-electron chi connectivity index (χ1n) is 25.5. The number of carbonyl (C=O) groups excluding carboxylic acids is 2. The molecule has 2 unspecified atom stereocenters. The summed E-state index contributed by atoms with van der Waals surface area (Å²) in [6.45, 7) is 10.8. The minimum absolute atomic E-state index is 0.0333. The van der Waals surface area contributed by atoms with Crippen LogP contribution in [0.5, 0.6) is 0 Å². The fourth-order valence-electron chi connectivity index (χ4n) is 7.94. The molecule has 15 heteroatoms. The van der Waals surface area contributed by atoms with E-state index in [4.69, 9.17) is 66.8 Å². The topological polar surface area (TPSA) is 146 Å². The van der Waals surface area contributed by atoms with Crippen molar-refractivity contribution in [3.63, 3.8) is 0 Å². The lowest BCUT2D eigenvalue weighted by Gasteiger charge is -2.22. The minimum atomic E-state index is -0.0859. The molecule has 2 atom stereocenters. The van der Waals surface area contributed by atoms with Crippen molar-refractivity contribution >= 4 is 67.8 Å². The summed E-state index contributed by atoms with van der Waals surface area (Å²) >= 11 is 16.0. The van der Waals surface area contributed by atoms with Gasteiger partial charge in [-0.2, -0.15) is 0 Å². The Hall–Kier alpha value is -5.00. The van der Waals surface area contributed by atoms with Gasteiger partial charge in [-0.15, -0.1) is 0 Å². The number of nitrogens with two attached hydrogens (primary N) is 1. The molecule has 3 N–H and O–H groups in total. The van der Waals surface area contributed by atoms with E-state index >= 15 is 0 Å². The average molecular weight is 1130 g/mol. The average Bonchev–Trinajstić information content (AvgIpc) is 3.42. The van der Waals surface area contributed by atoms with Crippen molar-refractivity contribution < 1.29 is 47.5 Å². The molecular weight excluding hydrogens is 1060 g/mol. The smallest absolute Gasteiger partial charge is 0.194 e.